The number of hydrogen-bond acceptors (Lipinski definition) is 4. The Bertz CT molecular complexity index is 1270. The molecule has 3 aromatic rings. The van der Waals surface area contributed by atoms with Gasteiger partial charge in [0.2, 0.25) is 0 Å². The van der Waals surface area contributed by atoms with Crippen molar-refractivity contribution in [3.8, 4) is 17.6 Å². The van der Waals surface area contributed by atoms with E-state index in [2.05, 4.69) is 35.8 Å². The van der Waals surface area contributed by atoms with Crippen molar-refractivity contribution in [3.05, 3.63) is 65.5 Å². The van der Waals surface area contributed by atoms with Gasteiger partial charge in [0.25, 0.3) is 0 Å². The number of nitrogens with zero attached hydrogens (tertiary/aromatic N) is 3. The smallest absolute Gasteiger partial charge is 0.347 e. The molecule has 0 spiro atoms. The number of fused-ring (bicyclic) bond motifs is 1. The maximum atomic E-state index is 12.4. The molecule has 1 aliphatic heterocycles. The first-order valence-electron chi connectivity index (χ1n) is 9.97. The number of anilines is 1. The van der Waals surface area contributed by atoms with Crippen LogP contribution < -0.4 is 15.1 Å². The van der Waals surface area contributed by atoms with Gasteiger partial charge >= 0.3 is 6.03 Å². The van der Waals surface area contributed by atoms with Crippen molar-refractivity contribution in [3.63, 3.8) is 0 Å². The molecule has 156 valence electrons. The van der Waals surface area contributed by atoms with Crippen LogP contribution in [0.4, 0.5) is 10.5 Å². The number of ether oxygens (including phenoxy) is 1. The molecule has 2 aromatic carbocycles. The molecule has 2 amide bonds. The van der Waals surface area contributed by atoms with E-state index in [1.807, 2.05) is 56.4 Å². The van der Waals surface area contributed by atoms with E-state index in [1.54, 1.807) is 0 Å². The lowest BCUT2D eigenvalue weighted by molar-refractivity contribution is 0.248. The van der Waals surface area contributed by atoms with Crippen molar-refractivity contribution in [1.29, 1.82) is 5.26 Å². The zero-order valence-corrected chi connectivity index (χ0v) is 17.9. The molecule has 0 saturated heterocycles. The van der Waals surface area contributed by atoms with E-state index in [-0.39, 0.29) is 11.4 Å². The molecule has 0 saturated carbocycles. The minimum Gasteiger partial charge on any atom is -0.457 e. The number of aryl methyl sites for hydroxylation is 2. The number of nitrogens with one attached hydrogen (secondary N) is 2. The topological polar surface area (TPSA) is 93.5 Å². The Labute approximate surface area is 180 Å². The van der Waals surface area contributed by atoms with Crippen LogP contribution in [0.5, 0.6) is 11.5 Å². The largest absolute Gasteiger partial charge is 0.457 e. The fourth-order valence-electron chi connectivity index (χ4n) is 3.70. The van der Waals surface area contributed by atoms with E-state index in [0.29, 0.717) is 11.6 Å². The number of H-pyrrole nitrogens is 1. The van der Waals surface area contributed by atoms with Crippen molar-refractivity contribution in [2.75, 3.05) is 5.01 Å². The number of aromatic amines is 1. The molecule has 0 fully saturated rings. The highest BCUT2D eigenvalue weighted by atomic mass is 16.5. The quantitative estimate of drug-likeness (QED) is 0.581. The number of rotatable bonds is 4. The fourth-order valence-corrected chi connectivity index (χ4v) is 3.70. The molecule has 0 atom stereocenters. The Balaban J connectivity index is 1.69. The second-order valence-electron chi connectivity index (χ2n) is 7.90. The van der Waals surface area contributed by atoms with Crippen molar-refractivity contribution in [1.82, 2.24) is 10.3 Å². The van der Waals surface area contributed by atoms with Crippen LogP contribution in [0.1, 0.15) is 36.5 Å². The number of benzene rings is 2. The van der Waals surface area contributed by atoms with Crippen LogP contribution in [0.15, 0.2) is 53.9 Å². The van der Waals surface area contributed by atoms with Crippen LogP contribution in [-0.4, -0.2) is 16.7 Å². The fraction of sp³-hybridized carbons (Fsp3) is 0.208. The Morgan fingerprint density at radius 2 is 1.90 bits per heavy atom. The third-order valence-electron chi connectivity index (χ3n) is 5.26. The number of carbonyl (C=O) groups excluding carboxylic acids is 1. The van der Waals surface area contributed by atoms with Gasteiger partial charge < -0.3 is 15.0 Å². The van der Waals surface area contributed by atoms with Gasteiger partial charge in [-0.15, -0.1) is 0 Å². The molecule has 0 aliphatic carbocycles. The van der Waals surface area contributed by atoms with Gasteiger partial charge in [-0.2, -0.15) is 15.4 Å². The number of nitriles is 1. The Morgan fingerprint density at radius 3 is 2.55 bits per heavy atom. The summed E-state index contributed by atoms with van der Waals surface area (Å²) in [4.78, 5) is 15.7. The van der Waals surface area contributed by atoms with Gasteiger partial charge in [0, 0.05) is 17.1 Å². The van der Waals surface area contributed by atoms with Crippen molar-refractivity contribution < 1.29 is 9.53 Å². The zero-order chi connectivity index (χ0) is 22.3. The molecule has 4 rings (SSSR count). The summed E-state index contributed by atoms with van der Waals surface area (Å²) in [7, 11) is 0. The van der Waals surface area contributed by atoms with Gasteiger partial charge in [0.15, 0.2) is 5.71 Å². The number of aromatic nitrogens is 1. The normalized spacial score (nSPS) is 13.9. The lowest BCUT2D eigenvalue weighted by Gasteiger charge is -2.24. The molecule has 7 heteroatoms. The SMILES string of the molecule is C=C1NC(=O)N(c2cc(C)c(Oc3ccc4[nH]cc(C(C)C)c4c3)c(C)c2)N=C1C#N. The van der Waals surface area contributed by atoms with Gasteiger partial charge in [-0.25, -0.2) is 4.79 Å². The summed E-state index contributed by atoms with van der Waals surface area (Å²) < 4.78 is 6.25. The first-order valence-corrected chi connectivity index (χ1v) is 9.97. The minimum atomic E-state index is -0.462. The average molecular weight is 413 g/mol. The average Bonchev–Trinajstić information content (AvgIpc) is 3.14. The summed E-state index contributed by atoms with van der Waals surface area (Å²) in [5.74, 6) is 1.86. The molecule has 2 N–H and O–H groups in total. The predicted molar refractivity (Wildman–Crippen MR) is 122 cm³/mol. The summed E-state index contributed by atoms with van der Waals surface area (Å²) in [5.41, 5.74) is 4.81. The maximum Gasteiger partial charge on any atom is 0.347 e. The molecule has 0 bridgehead atoms. The molecule has 1 aliphatic rings. The molecule has 0 unspecified atom stereocenters. The van der Waals surface area contributed by atoms with Crippen LogP contribution in [-0.2, 0) is 0 Å². The molecular weight excluding hydrogens is 390 g/mol. The van der Waals surface area contributed by atoms with E-state index < -0.39 is 6.03 Å². The van der Waals surface area contributed by atoms with E-state index in [0.717, 1.165) is 38.5 Å². The molecular formula is C24H23N5O2. The Hall–Kier alpha value is -4.05. The van der Waals surface area contributed by atoms with E-state index >= 15 is 0 Å². The lowest BCUT2D eigenvalue weighted by atomic mass is 10.0. The highest BCUT2D eigenvalue weighted by Crippen LogP contribution is 2.35. The van der Waals surface area contributed by atoms with E-state index in [9.17, 15) is 10.1 Å². The van der Waals surface area contributed by atoms with Crippen LogP contribution in [0.3, 0.4) is 0 Å². The Kier molecular flexibility index (Phi) is 4.99. The third kappa shape index (κ3) is 3.64. The van der Waals surface area contributed by atoms with Crippen molar-refractivity contribution in [2.24, 2.45) is 5.10 Å². The van der Waals surface area contributed by atoms with Crippen LogP contribution in [0.2, 0.25) is 0 Å². The van der Waals surface area contributed by atoms with E-state index in [1.165, 1.54) is 5.56 Å². The highest BCUT2D eigenvalue weighted by Gasteiger charge is 2.25. The van der Waals surface area contributed by atoms with Gasteiger partial charge in [-0.1, -0.05) is 20.4 Å². The molecule has 31 heavy (non-hydrogen) atoms. The number of amides is 2. The zero-order valence-electron chi connectivity index (χ0n) is 17.9. The van der Waals surface area contributed by atoms with Gasteiger partial charge in [-0.05, 0) is 66.8 Å². The van der Waals surface area contributed by atoms with Gasteiger partial charge in [-0.3, -0.25) is 0 Å². The monoisotopic (exact) mass is 413 g/mol. The van der Waals surface area contributed by atoms with Crippen molar-refractivity contribution in [2.45, 2.75) is 33.6 Å². The third-order valence-corrected chi connectivity index (χ3v) is 5.26. The summed E-state index contributed by atoms with van der Waals surface area (Å²) >= 11 is 0. The number of allylic oxidation sites excluding steroid dienone is 1. The van der Waals surface area contributed by atoms with Crippen molar-refractivity contribution >= 4 is 28.3 Å². The number of carbonyl (C=O) groups is 1. The first-order chi connectivity index (χ1) is 14.8. The number of hydrogen-bond donors (Lipinski definition) is 2. The van der Waals surface area contributed by atoms with Crippen LogP contribution in [0, 0.1) is 25.2 Å². The van der Waals surface area contributed by atoms with Crippen LogP contribution >= 0.6 is 0 Å². The second kappa shape index (κ2) is 7.65. The first kappa shape index (κ1) is 20.2. The summed E-state index contributed by atoms with van der Waals surface area (Å²) in [6.45, 7) is 11.8. The molecule has 2 heterocycles. The highest BCUT2D eigenvalue weighted by molar-refractivity contribution is 6.17. The lowest BCUT2D eigenvalue weighted by Crippen LogP contribution is -2.43. The molecule has 1 aromatic heterocycles. The standard InChI is InChI=1S/C24H23N5O2/c1-13(2)20-12-26-21-7-6-18(10-19(20)21)31-23-14(3)8-17(9-15(23)4)29-24(30)27-16(5)22(11-25)28-29/h6-10,12-13,26H,5H2,1-4H3,(H,27,30). The van der Waals surface area contributed by atoms with Gasteiger partial charge in [0.1, 0.15) is 17.6 Å². The number of urea groups is 1. The van der Waals surface area contributed by atoms with E-state index in [4.69, 9.17) is 4.74 Å². The second-order valence-corrected chi connectivity index (χ2v) is 7.90. The maximum absolute atomic E-state index is 12.4. The number of hydrazone groups is 1. The van der Waals surface area contributed by atoms with Crippen LogP contribution in [0.25, 0.3) is 10.9 Å². The summed E-state index contributed by atoms with van der Waals surface area (Å²) in [5, 5.41) is 18.2. The minimum absolute atomic E-state index is 0.0657. The molecule has 7 nitrogen and oxygen atoms in total. The molecule has 0 radical (unpaired) electrons. The predicted octanol–water partition coefficient (Wildman–Crippen LogP) is 5.62. The van der Waals surface area contributed by atoms with Gasteiger partial charge in [0.05, 0.1) is 11.4 Å². The summed E-state index contributed by atoms with van der Waals surface area (Å²) in [6, 6.07) is 11.1. The Morgan fingerprint density at radius 1 is 1.19 bits per heavy atom. The summed E-state index contributed by atoms with van der Waals surface area (Å²) in [6.07, 6.45) is 2.04.